The van der Waals surface area contributed by atoms with E-state index in [0.717, 1.165) is 16.8 Å². The number of hydrogen-bond acceptors (Lipinski definition) is 4. The maximum atomic E-state index is 13.1. The van der Waals surface area contributed by atoms with Crippen molar-refractivity contribution >= 4 is 5.91 Å². The number of amides is 1. The molecule has 0 spiro atoms. The molecule has 7 heteroatoms. The van der Waals surface area contributed by atoms with Crippen molar-refractivity contribution in [2.75, 3.05) is 0 Å². The van der Waals surface area contributed by atoms with E-state index in [1.807, 2.05) is 12.1 Å². The zero-order valence-corrected chi connectivity index (χ0v) is 13.9. The van der Waals surface area contributed by atoms with Gasteiger partial charge in [0, 0.05) is 18.9 Å². The van der Waals surface area contributed by atoms with E-state index in [0.29, 0.717) is 25.4 Å². The van der Waals surface area contributed by atoms with Gasteiger partial charge in [-0.2, -0.15) is 5.10 Å². The number of nitrogens with zero attached hydrogens (tertiary/aromatic N) is 3. The topological polar surface area (TPSA) is 69.0 Å². The molecular formula is C19H17FN4O2. The molecule has 0 unspecified atom stereocenters. The van der Waals surface area contributed by atoms with Gasteiger partial charge in [-0.05, 0) is 35.4 Å². The molecule has 0 aliphatic carbocycles. The summed E-state index contributed by atoms with van der Waals surface area (Å²) in [5, 5.41) is 7.23. The van der Waals surface area contributed by atoms with Crippen molar-refractivity contribution in [3.63, 3.8) is 0 Å². The molecule has 132 valence electrons. The minimum absolute atomic E-state index is 0.214. The number of carbonyl (C=O) groups is 1. The second-order valence-electron chi connectivity index (χ2n) is 6.10. The summed E-state index contributed by atoms with van der Waals surface area (Å²) in [6.07, 6.45) is 3.18. The van der Waals surface area contributed by atoms with Gasteiger partial charge in [0.1, 0.15) is 11.9 Å². The second kappa shape index (κ2) is 7.05. The number of rotatable bonds is 4. The molecule has 1 aliphatic heterocycles. The fraction of sp³-hybridized carbons (Fsp3) is 0.211. The van der Waals surface area contributed by atoms with E-state index in [1.54, 1.807) is 35.3 Å². The van der Waals surface area contributed by atoms with Gasteiger partial charge in [0.05, 0.1) is 18.8 Å². The Morgan fingerprint density at radius 2 is 2.15 bits per heavy atom. The Morgan fingerprint density at radius 3 is 2.92 bits per heavy atom. The average Bonchev–Trinajstić information content (AvgIpc) is 3.11. The fourth-order valence-corrected chi connectivity index (χ4v) is 2.89. The van der Waals surface area contributed by atoms with Crippen molar-refractivity contribution < 1.29 is 13.9 Å². The van der Waals surface area contributed by atoms with Crippen molar-refractivity contribution in [2.45, 2.75) is 25.8 Å². The van der Waals surface area contributed by atoms with Gasteiger partial charge in [0.15, 0.2) is 5.69 Å². The Labute approximate surface area is 149 Å². The highest BCUT2D eigenvalue weighted by Gasteiger charge is 2.24. The van der Waals surface area contributed by atoms with Crippen molar-refractivity contribution in [3.05, 3.63) is 83.2 Å². The lowest BCUT2D eigenvalue weighted by Crippen LogP contribution is -2.24. The van der Waals surface area contributed by atoms with Crippen LogP contribution in [0.25, 0.3) is 0 Å². The predicted molar refractivity (Wildman–Crippen MR) is 91.6 cm³/mol. The van der Waals surface area contributed by atoms with E-state index in [9.17, 15) is 9.18 Å². The molecule has 26 heavy (non-hydrogen) atoms. The standard InChI is InChI=1S/C19H17FN4O2/c20-15-5-3-14(4-6-15)18-11-24-16(12-26-18)8-17(23-24)19(25)22-10-13-2-1-7-21-9-13/h1-9,18H,10-12H2,(H,22,25)/t18-/m1/s1. The normalized spacial score (nSPS) is 16.1. The molecule has 0 saturated heterocycles. The molecule has 0 saturated carbocycles. The Balaban J connectivity index is 1.43. The number of hydrogen-bond donors (Lipinski definition) is 1. The summed E-state index contributed by atoms with van der Waals surface area (Å²) >= 11 is 0. The number of benzene rings is 1. The molecule has 1 amide bonds. The Bertz CT molecular complexity index is 909. The molecule has 0 fully saturated rings. The van der Waals surface area contributed by atoms with Crippen LogP contribution < -0.4 is 5.32 Å². The number of fused-ring (bicyclic) bond motifs is 1. The summed E-state index contributed by atoms with van der Waals surface area (Å²) in [6.45, 7) is 1.23. The highest BCUT2D eigenvalue weighted by Crippen LogP contribution is 2.26. The molecule has 1 aromatic carbocycles. The Hall–Kier alpha value is -3.06. The molecule has 0 bridgehead atoms. The van der Waals surface area contributed by atoms with Crippen LogP contribution >= 0.6 is 0 Å². The van der Waals surface area contributed by atoms with Crippen LogP contribution in [0.15, 0.2) is 54.9 Å². The minimum atomic E-state index is -0.281. The summed E-state index contributed by atoms with van der Waals surface area (Å²) in [7, 11) is 0. The van der Waals surface area contributed by atoms with Crippen LogP contribution in [-0.4, -0.2) is 20.7 Å². The van der Waals surface area contributed by atoms with Gasteiger partial charge in [-0.1, -0.05) is 18.2 Å². The van der Waals surface area contributed by atoms with E-state index in [2.05, 4.69) is 15.4 Å². The molecule has 1 aliphatic rings. The third kappa shape index (κ3) is 3.48. The summed E-state index contributed by atoms with van der Waals surface area (Å²) < 4.78 is 20.7. The van der Waals surface area contributed by atoms with E-state index < -0.39 is 0 Å². The average molecular weight is 352 g/mol. The molecular weight excluding hydrogens is 335 g/mol. The number of ether oxygens (including phenoxy) is 1. The van der Waals surface area contributed by atoms with E-state index >= 15 is 0 Å². The summed E-state index contributed by atoms with van der Waals surface area (Å²) in [5.41, 5.74) is 3.00. The highest BCUT2D eigenvalue weighted by atomic mass is 19.1. The third-order valence-electron chi connectivity index (χ3n) is 4.28. The summed E-state index contributed by atoms with van der Waals surface area (Å²) in [4.78, 5) is 16.4. The zero-order valence-electron chi connectivity index (χ0n) is 13.9. The van der Waals surface area contributed by atoms with E-state index in [-0.39, 0.29) is 17.8 Å². The van der Waals surface area contributed by atoms with Gasteiger partial charge in [-0.3, -0.25) is 14.5 Å². The van der Waals surface area contributed by atoms with Crippen LogP contribution in [0.1, 0.15) is 33.4 Å². The highest BCUT2D eigenvalue weighted by molar-refractivity contribution is 5.92. The molecule has 4 rings (SSSR count). The second-order valence-corrected chi connectivity index (χ2v) is 6.10. The first kappa shape index (κ1) is 16.4. The van der Waals surface area contributed by atoms with Crippen molar-refractivity contribution in [1.29, 1.82) is 0 Å². The number of pyridine rings is 1. The first-order chi connectivity index (χ1) is 12.7. The fourth-order valence-electron chi connectivity index (χ4n) is 2.89. The summed E-state index contributed by atoms with van der Waals surface area (Å²) in [5.74, 6) is -0.522. The SMILES string of the molecule is O=C(NCc1cccnc1)c1cc2n(n1)C[C@H](c1ccc(F)cc1)OC2. The number of carbonyl (C=O) groups excluding carboxylic acids is 1. The zero-order chi connectivity index (χ0) is 17.9. The van der Waals surface area contributed by atoms with Crippen molar-refractivity contribution in [1.82, 2.24) is 20.1 Å². The Morgan fingerprint density at radius 1 is 1.31 bits per heavy atom. The van der Waals surface area contributed by atoms with Gasteiger partial charge in [-0.15, -0.1) is 0 Å². The van der Waals surface area contributed by atoms with Crippen molar-refractivity contribution in [3.8, 4) is 0 Å². The first-order valence-electron chi connectivity index (χ1n) is 8.30. The van der Waals surface area contributed by atoms with E-state index in [1.165, 1.54) is 12.1 Å². The predicted octanol–water partition coefficient (Wildman–Crippen LogP) is 2.62. The lowest BCUT2D eigenvalue weighted by molar-refractivity contribution is -0.00123. The van der Waals surface area contributed by atoms with Crippen molar-refractivity contribution in [2.24, 2.45) is 0 Å². The molecule has 1 N–H and O–H groups in total. The quantitative estimate of drug-likeness (QED) is 0.784. The molecule has 2 aromatic heterocycles. The molecule has 1 atom stereocenters. The summed E-state index contributed by atoms with van der Waals surface area (Å²) in [6, 6.07) is 11.7. The van der Waals surface area contributed by atoms with Crippen LogP contribution in [0.3, 0.4) is 0 Å². The monoisotopic (exact) mass is 352 g/mol. The molecule has 0 radical (unpaired) electrons. The smallest absolute Gasteiger partial charge is 0.272 e. The van der Waals surface area contributed by atoms with Gasteiger partial charge >= 0.3 is 0 Å². The van der Waals surface area contributed by atoms with Gasteiger partial charge in [0.2, 0.25) is 0 Å². The van der Waals surface area contributed by atoms with Crippen LogP contribution in [0.2, 0.25) is 0 Å². The van der Waals surface area contributed by atoms with Gasteiger partial charge < -0.3 is 10.1 Å². The minimum Gasteiger partial charge on any atom is -0.365 e. The van der Waals surface area contributed by atoms with Gasteiger partial charge in [-0.25, -0.2) is 4.39 Å². The molecule has 3 aromatic rings. The maximum Gasteiger partial charge on any atom is 0.272 e. The number of nitrogens with one attached hydrogen (secondary N) is 1. The Kier molecular flexibility index (Phi) is 4.45. The maximum absolute atomic E-state index is 13.1. The van der Waals surface area contributed by atoms with E-state index in [4.69, 9.17) is 4.74 Å². The molecule has 6 nitrogen and oxygen atoms in total. The third-order valence-corrected chi connectivity index (χ3v) is 4.28. The molecule has 3 heterocycles. The van der Waals surface area contributed by atoms with Crippen LogP contribution in [-0.2, 0) is 24.4 Å². The van der Waals surface area contributed by atoms with Crippen LogP contribution in [0, 0.1) is 5.82 Å². The lowest BCUT2D eigenvalue weighted by Gasteiger charge is -2.24. The van der Waals surface area contributed by atoms with Crippen LogP contribution in [0.4, 0.5) is 4.39 Å². The lowest BCUT2D eigenvalue weighted by atomic mass is 10.1. The first-order valence-corrected chi connectivity index (χ1v) is 8.30. The largest absolute Gasteiger partial charge is 0.365 e. The van der Waals surface area contributed by atoms with Gasteiger partial charge in [0.25, 0.3) is 5.91 Å². The number of halogens is 1. The van der Waals surface area contributed by atoms with Crippen LogP contribution in [0.5, 0.6) is 0 Å². The number of aromatic nitrogens is 3.